The average Bonchev–Trinajstić information content (AvgIpc) is 2.65. The second kappa shape index (κ2) is 11.5. The molecule has 0 aliphatic carbocycles. The molecule has 0 aliphatic heterocycles. The van der Waals surface area contributed by atoms with Crippen molar-refractivity contribution in [2.24, 2.45) is 4.99 Å². The monoisotopic (exact) mass is 466 g/mol. The Hall–Kier alpha value is -2.09. The van der Waals surface area contributed by atoms with E-state index in [-0.39, 0.29) is 29.9 Å². The summed E-state index contributed by atoms with van der Waals surface area (Å²) in [6.07, 6.45) is 0.947. The number of benzene rings is 2. The summed E-state index contributed by atoms with van der Waals surface area (Å²) >= 11 is 0. The second-order valence-corrected chi connectivity index (χ2v) is 5.98. The first-order valence-electron chi connectivity index (χ1n) is 8.39. The van der Waals surface area contributed by atoms with E-state index in [1.807, 2.05) is 42.5 Å². The third-order valence-corrected chi connectivity index (χ3v) is 3.84. The highest BCUT2D eigenvalue weighted by Gasteiger charge is 2.07. The number of hydrogen-bond donors (Lipinski definition) is 2. The highest BCUT2D eigenvalue weighted by atomic mass is 127. The number of guanidine groups is 1. The van der Waals surface area contributed by atoms with Gasteiger partial charge in [0.1, 0.15) is 0 Å². The Bertz CT molecular complexity index is 700. The van der Waals surface area contributed by atoms with Gasteiger partial charge in [-0.25, -0.2) is 0 Å². The fourth-order valence-electron chi connectivity index (χ4n) is 2.40. The molecule has 0 bridgehead atoms. The molecule has 2 aromatic rings. The number of aliphatic imine (C=N–C) groups is 1. The van der Waals surface area contributed by atoms with Gasteiger partial charge in [0.15, 0.2) is 5.96 Å². The summed E-state index contributed by atoms with van der Waals surface area (Å²) in [7, 11) is 5.27. The van der Waals surface area contributed by atoms with E-state index in [0.29, 0.717) is 12.1 Å². The van der Waals surface area contributed by atoms with Crippen LogP contribution in [0.5, 0.6) is 0 Å². The van der Waals surface area contributed by atoms with E-state index in [2.05, 4.69) is 27.8 Å². The lowest BCUT2D eigenvalue weighted by atomic mass is 10.1. The topological polar surface area (TPSA) is 56.7 Å². The molecule has 140 valence electrons. The van der Waals surface area contributed by atoms with Crippen LogP contribution in [0.25, 0.3) is 0 Å². The van der Waals surface area contributed by atoms with Crippen molar-refractivity contribution in [3.8, 4) is 0 Å². The van der Waals surface area contributed by atoms with Crippen LogP contribution in [0, 0.1) is 0 Å². The van der Waals surface area contributed by atoms with Crippen molar-refractivity contribution in [2.75, 3.05) is 27.7 Å². The molecule has 6 heteroatoms. The summed E-state index contributed by atoms with van der Waals surface area (Å²) < 4.78 is 0. The van der Waals surface area contributed by atoms with Crippen LogP contribution in [0.3, 0.4) is 0 Å². The van der Waals surface area contributed by atoms with Gasteiger partial charge in [0.05, 0.1) is 0 Å². The van der Waals surface area contributed by atoms with E-state index in [1.165, 1.54) is 5.56 Å². The van der Waals surface area contributed by atoms with Gasteiger partial charge in [-0.05, 0) is 29.7 Å². The molecule has 26 heavy (non-hydrogen) atoms. The largest absolute Gasteiger partial charge is 0.356 e. The molecule has 0 heterocycles. The van der Waals surface area contributed by atoms with E-state index >= 15 is 0 Å². The van der Waals surface area contributed by atoms with Gasteiger partial charge in [-0.1, -0.05) is 42.5 Å². The zero-order valence-electron chi connectivity index (χ0n) is 15.5. The number of halogens is 1. The highest BCUT2D eigenvalue weighted by Crippen LogP contribution is 2.06. The van der Waals surface area contributed by atoms with Crippen LogP contribution in [-0.2, 0) is 13.0 Å². The van der Waals surface area contributed by atoms with Crippen LogP contribution in [-0.4, -0.2) is 44.5 Å². The standard InChI is InChI=1S/C20H26N4O.HI/c1-21-20(22-14-13-16-7-5-4-6-8-16)23-15-17-9-11-18(12-10-17)19(25)24(2)3;/h4-12H,13-15H2,1-3H3,(H2,21,22,23);1H. The quantitative estimate of drug-likeness (QED) is 0.391. The molecule has 1 amide bonds. The fourth-order valence-corrected chi connectivity index (χ4v) is 2.40. The molecule has 5 nitrogen and oxygen atoms in total. The van der Waals surface area contributed by atoms with Gasteiger partial charge in [-0.3, -0.25) is 9.79 Å². The Kier molecular flexibility index (Phi) is 9.72. The number of carbonyl (C=O) groups excluding carboxylic acids is 1. The van der Waals surface area contributed by atoms with E-state index in [1.54, 1.807) is 26.0 Å². The maximum Gasteiger partial charge on any atom is 0.253 e. The van der Waals surface area contributed by atoms with Crippen molar-refractivity contribution in [3.63, 3.8) is 0 Å². The molecular weight excluding hydrogens is 439 g/mol. The Labute approximate surface area is 172 Å². The zero-order valence-corrected chi connectivity index (χ0v) is 17.9. The predicted molar refractivity (Wildman–Crippen MR) is 118 cm³/mol. The molecule has 0 saturated heterocycles. The van der Waals surface area contributed by atoms with Gasteiger partial charge in [0, 0.05) is 39.8 Å². The van der Waals surface area contributed by atoms with Crippen molar-refractivity contribution in [3.05, 3.63) is 71.3 Å². The molecule has 0 aromatic heterocycles. The number of amides is 1. The number of nitrogens with zero attached hydrogens (tertiary/aromatic N) is 2. The molecule has 2 N–H and O–H groups in total. The minimum absolute atomic E-state index is 0. The number of nitrogens with one attached hydrogen (secondary N) is 2. The van der Waals surface area contributed by atoms with E-state index in [9.17, 15) is 4.79 Å². The third-order valence-electron chi connectivity index (χ3n) is 3.84. The second-order valence-electron chi connectivity index (χ2n) is 5.98. The average molecular weight is 466 g/mol. The van der Waals surface area contributed by atoms with Crippen LogP contribution in [0.2, 0.25) is 0 Å². The molecule has 0 aliphatic rings. The number of rotatable bonds is 6. The van der Waals surface area contributed by atoms with Crippen LogP contribution in [0.1, 0.15) is 21.5 Å². The third kappa shape index (κ3) is 7.03. The first-order chi connectivity index (χ1) is 12.1. The van der Waals surface area contributed by atoms with E-state index in [0.717, 1.165) is 24.5 Å². The van der Waals surface area contributed by atoms with Crippen LogP contribution in [0.4, 0.5) is 0 Å². The van der Waals surface area contributed by atoms with E-state index < -0.39 is 0 Å². The molecule has 0 fully saturated rings. The first kappa shape index (κ1) is 22.0. The van der Waals surface area contributed by atoms with Crippen molar-refractivity contribution in [1.29, 1.82) is 0 Å². The van der Waals surface area contributed by atoms with Crippen LogP contribution < -0.4 is 10.6 Å². The summed E-state index contributed by atoms with van der Waals surface area (Å²) in [5.41, 5.74) is 3.09. The summed E-state index contributed by atoms with van der Waals surface area (Å²) in [4.78, 5) is 17.7. The molecular formula is C20H27IN4O. The van der Waals surface area contributed by atoms with Crippen molar-refractivity contribution < 1.29 is 4.79 Å². The number of carbonyl (C=O) groups is 1. The van der Waals surface area contributed by atoms with Gasteiger partial charge in [0.25, 0.3) is 5.91 Å². The number of hydrogen-bond acceptors (Lipinski definition) is 2. The maximum atomic E-state index is 11.9. The van der Waals surface area contributed by atoms with Crippen LogP contribution >= 0.6 is 24.0 Å². The van der Waals surface area contributed by atoms with E-state index in [4.69, 9.17) is 0 Å². The molecule has 0 atom stereocenters. The lowest BCUT2D eigenvalue weighted by molar-refractivity contribution is 0.0827. The molecule has 0 radical (unpaired) electrons. The maximum absolute atomic E-state index is 11.9. The summed E-state index contributed by atoms with van der Waals surface area (Å²) in [5, 5.41) is 6.60. The van der Waals surface area contributed by atoms with Gasteiger partial charge >= 0.3 is 0 Å². The Morgan fingerprint density at radius 3 is 2.19 bits per heavy atom. The zero-order chi connectivity index (χ0) is 18.1. The summed E-state index contributed by atoms with van der Waals surface area (Å²) in [5.74, 6) is 0.780. The van der Waals surface area contributed by atoms with Crippen molar-refractivity contribution in [1.82, 2.24) is 15.5 Å². The fraction of sp³-hybridized carbons (Fsp3) is 0.300. The minimum atomic E-state index is 0. The molecule has 0 saturated carbocycles. The minimum Gasteiger partial charge on any atom is -0.356 e. The molecule has 2 aromatic carbocycles. The predicted octanol–water partition coefficient (Wildman–Crippen LogP) is 2.91. The normalized spacial score (nSPS) is 10.7. The molecule has 0 spiro atoms. The summed E-state index contributed by atoms with van der Waals surface area (Å²) in [6.45, 7) is 1.47. The smallest absolute Gasteiger partial charge is 0.253 e. The Morgan fingerprint density at radius 1 is 0.962 bits per heavy atom. The van der Waals surface area contributed by atoms with Crippen molar-refractivity contribution in [2.45, 2.75) is 13.0 Å². The first-order valence-corrected chi connectivity index (χ1v) is 8.39. The van der Waals surface area contributed by atoms with Crippen molar-refractivity contribution >= 4 is 35.8 Å². The van der Waals surface area contributed by atoms with Crippen LogP contribution in [0.15, 0.2) is 59.6 Å². The van der Waals surface area contributed by atoms with Gasteiger partial charge in [-0.15, -0.1) is 24.0 Å². The van der Waals surface area contributed by atoms with Gasteiger partial charge in [-0.2, -0.15) is 0 Å². The SMILES string of the molecule is CN=C(NCCc1ccccc1)NCc1ccc(C(=O)N(C)C)cc1.I. The highest BCUT2D eigenvalue weighted by molar-refractivity contribution is 14.0. The van der Waals surface area contributed by atoms with Gasteiger partial charge in [0.2, 0.25) is 0 Å². The lowest BCUT2D eigenvalue weighted by Gasteiger charge is -2.13. The Balaban J connectivity index is 0.00000338. The lowest BCUT2D eigenvalue weighted by Crippen LogP contribution is -2.37. The molecule has 0 unspecified atom stereocenters. The molecule has 2 rings (SSSR count). The Morgan fingerprint density at radius 2 is 1.62 bits per heavy atom. The van der Waals surface area contributed by atoms with Gasteiger partial charge < -0.3 is 15.5 Å². The summed E-state index contributed by atoms with van der Waals surface area (Å²) in [6, 6.07) is 18.0.